The zero-order chi connectivity index (χ0) is 21.1. The van der Waals surface area contributed by atoms with Crippen LogP contribution in [-0.2, 0) is 16.6 Å². The summed E-state index contributed by atoms with van der Waals surface area (Å²) < 4.78 is 76.5. The number of sulfonamides is 1. The molecule has 0 unspecified atom stereocenters. The van der Waals surface area contributed by atoms with Crippen molar-refractivity contribution in [3.05, 3.63) is 59.4 Å². The van der Waals surface area contributed by atoms with E-state index in [1.807, 2.05) is 0 Å². The van der Waals surface area contributed by atoms with Crippen LogP contribution in [0.4, 0.5) is 18.3 Å². The summed E-state index contributed by atoms with van der Waals surface area (Å²) in [5.74, 6) is -0.160. The van der Waals surface area contributed by atoms with Gasteiger partial charge in [-0.3, -0.25) is 4.72 Å². The zero-order valence-electron chi connectivity index (χ0n) is 14.2. The lowest BCUT2D eigenvalue weighted by Crippen LogP contribution is -2.17. The van der Waals surface area contributed by atoms with E-state index in [1.165, 1.54) is 42.7 Å². The minimum Gasteiger partial charge on any atom is -0.489 e. The highest BCUT2D eigenvalue weighted by Crippen LogP contribution is 2.31. The third-order valence-electron chi connectivity index (χ3n) is 3.34. The highest BCUT2D eigenvalue weighted by molar-refractivity contribution is 7.93. The molecule has 1 aromatic heterocycles. The van der Waals surface area contributed by atoms with Crippen molar-refractivity contribution in [3.63, 3.8) is 0 Å². The molecule has 0 spiro atoms. The van der Waals surface area contributed by atoms with Crippen LogP contribution in [0.2, 0.25) is 5.02 Å². The quantitative estimate of drug-likeness (QED) is 0.553. The number of hydrogen-bond acceptors (Lipinski definition) is 7. The Balaban J connectivity index is 1.62. The van der Waals surface area contributed by atoms with E-state index in [-0.39, 0.29) is 21.7 Å². The first-order valence-electron chi connectivity index (χ1n) is 7.69. The van der Waals surface area contributed by atoms with Gasteiger partial charge in [0.05, 0.1) is 9.92 Å². The fraction of sp³-hybridized carbons (Fsp3) is 0.125. The van der Waals surface area contributed by atoms with E-state index in [0.717, 1.165) is 17.6 Å². The molecule has 0 fully saturated rings. The summed E-state index contributed by atoms with van der Waals surface area (Å²) in [6.45, 7) is 0.00114. The second kappa shape index (κ2) is 8.43. The van der Waals surface area contributed by atoms with Crippen LogP contribution in [0.15, 0.2) is 53.7 Å². The molecule has 1 heterocycles. The molecule has 1 N–H and O–H groups in total. The van der Waals surface area contributed by atoms with Crippen molar-refractivity contribution in [3.8, 4) is 11.5 Å². The van der Waals surface area contributed by atoms with Crippen molar-refractivity contribution >= 4 is 38.3 Å². The van der Waals surface area contributed by atoms with Gasteiger partial charge in [-0.2, -0.15) is 4.37 Å². The molecule has 7 nitrogen and oxygen atoms in total. The van der Waals surface area contributed by atoms with Crippen molar-refractivity contribution in [2.75, 3.05) is 4.72 Å². The van der Waals surface area contributed by atoms with E-state index in [4.69, 9.17) is 16.3 Å². The number of anilines is 1. The van der Waals surface area contributed by atoms with Crippen LogP contribution in [-0.4, -0.2) is 24.1 Å². The van der Waals surface area contributed by atoms with Gasteiger partial charge in [0.15, 0.2) is 0 Å². The van der Waals surface area contributed by atoms with Crippen LogP contribution < -0.4 is 14.2 Å². The van der Waals surface area contributed by atoms with Gasteiger partial charge in [0.1, 0.15) is 24.4 Å². The Kier molecular flexibility index (Phi) is 6.15. The maximum absolute atomic E-state index is 12.3. The van der Waals surface area contributed by atoms with E-state index in [0.29, 0.717) is 11.3 Å². The molecule has 0 bridgehead atoms. The minimum absolute atomic E-state index is 0.00114. The Bertz CT molecular complexity index is 1080. The van der Waals surface area contributed by atoms with Crippen molar-refractivity contribution in [1.82, 2.24) is 9.36 Å². The number of halogens is 4. The third-order valence-corrected chi connectivity index (χ3v) is 5.70. The smallest absolute Gasteiger partial charge is 0.489 e. The molecule has 0 amide bonds. The number of alkyl halides is 3. The predicted molar refractivity (Wildman–Crippen MR) is 99.6 cm³/mol. The Morgan fingerprint density at radius 1 is 1.14 bits per heavy atom. The standard InChI is InChI=1S/C16H11ClF3N3O4S2/c17-13-7-10(1-6-14(13)27-16(18,19)20)8-26-11-2-4-12(5-3-11)29(24,25)23-15-21-9-22-28-15/h1-7,9H,8H2,(H,21,22,23). The normalized spacial score (nSPS) is 11.9. The van der Waals surface area contributed by atoms with E-state index in [9.17, 15) is 21.6 Å². The number of nitrogens with zero attached hydrogens (tertiary/aromatic N) is 2. The number of nitrogens with one attached hydrogen (secondary N) is 1. The molecule has 0 atom stereocenters. The number of aromatic nitrogens is 2. The van der Waals surface area contributed by atoms with Crippen LogP contribution in [0.5, 0.6) is 11.5 Å². The lowest BCUT2D eigenvalue weighted by atomic mass is 10.2. The molecule has 154 valence electrons. The predicted octanol–water partition coefficient (Wildman–Crippen LogP) is 4.47. The average Bonchev–Trinajstić information content (AvgIpc) is 3.14. The minimum atomic E-state index is -4.84. The van der Waals surface area contributed by atoms with Gasteiger partial charge in [0.25, 0.3) is 10.0 Å². The summed E-state index contributed by atoms with van der Waals surface area (Å²) in [7, 11) is -3.81. The topological polar surface area (TPSA) is 90.4 Å². The maximum Gasteiger partial charge on any atom is 0.573 e. The first-order chi connectivity index (χ1) is 13.6. The third kappa shape index (κ3) is 5.95. The molecule has 2 aromatic carbocycles. The second-order valence-corrected chi connectivity index (χ2v) is 8.29. The molecule has 3 rings (SSSR count). The SMILES string of the molecule is O=S(=O)(Nc1ncns1)c1ccc(OCc2ccc(OC(F)(F)F)c(Cl)c2)cc1. The summed E-state index contributed by atoms with van der Waals surface area (Å²) in [6.07, 6.45) is -3.61. The van der Waals surface area contributed by atoms with Crippen molar-refractivity contribution < 1.29 is 31.1 Å². The van der Waals surface area contributed by atoms with E-state index >= 15 is 0 Å². The zero-order valence-corrected chi connectivity index (χ0v) is 16.6. The molecular weight excluding hydrogens is 455 g/mol. The molecule has 0 aliphatic rings. The molecule has 3 aromatic rings. The van der Waals surface area contributed by atoms with Gasteiger partial charge in [-0.25, -0.2) is 13.4 Å². The number of ether oxygens (including phenoxy) is 2. The molecule has 0 aliphatic heterocycles. The Labute approximate surface area is 172 Å². The molecule has 29 heavy (non-hydrogen) atoms. The van der Waals surface area contributed by atoms with Gasteiger partial charge in [-0.1, -0.05) is 17.7 Å². The Morgan fingerprint density at radius 3 is 2.45 bits per heavy atom. The van der Waals surface area contributed by atoms with Crippen molar-refractivity contribution in [1.29, 1.82) is 0 Å². The van der Waals surface area contributed by atoms with Crippen LogP contribution in [0, 0.1) is 0 Å². The molecule has 13 heteroatoms. The van der Waals surface area contributed by atoms with Gasteiger partial charge in [-0.05, 0) is 42.0 Å². The highest BCUT2D eigenvalue weighted by Gasteiger charge is 2.32. The molecular formula is C16H11ClF3N3O4S2. The van der Waals surface area contributed by atoms with Gasteiger partial charge >= 0.3 is 6.36 Å². The largest absolute Gasteiger partial charge is 0.573 e. The number of hydrogen-bond donors (Lipinski definition) is 1. The van der Waals surface area contributed by atoms with Gasteiger partial charge in [0, 0.05) is 11.5 Å². The van der Waals surface area contributed by atoms with Crippen LogP contribution in [0.1, 0.15) is 5.56 Å². The van der Waals surface area contributed by atoms with E-state index in [2.05, 4.69) is 18.8 Å². The van der Waals surface area contributed by atoms with Gasteiger partial charge < -0.3 is 9.47 Å². The van der Waals surface area contributed by atoms with Gasteiger partial charge in [0.2, 0.25) is 5.13 Å². The summed E-state index contributed by atoms with van der Waals surface area (Å²) >= 11 is 6.68. The fourth-order valence-electron chi connectivity index (χ4n) is 2.12. The van der Waals surface area contributed by atoms with Crippen LogP contribution in [0.3, 0.4) is 0 Å². The Morgan fingerprint density at radius 2 is 1.86 bits per heavy atom. The number of benzene rings is 2. The highest BCUT2D eigenvalue weighted by atomic mass is 35.5. The number of rotatable bonds is 7. The monoisotopic (exact) mass is 465 g/mol. The average molecular weight is 466 g/mol. The van der Waals surface area contributed by atoms with E-state index in [1.54, 1.807) is 0 Å². The summed E-state index contributed by atoms with van der Waals surface area (Å²) in [4.78, 5) is 3.75. The molecule has 0 radical (unpaired) electrons. The maximum atomic E-state index is 12.3. The first kappa shape index (κ1) is 21.1. The molecule has 0 saturated heterocycles. The molecule has 0 aliphatic carbocycles. The summed E-state index contributed by atoms with van der Waals surface area (Å²) in [5.41, 5.74) is 0.499. The van der Waals surface area contributed by atoms with Crippen LogP contribution >= 0.6 is 23.1 Å². The summed E-state index contributed by atoms with van der Waals surface area (Å²) in [6, 6.07) is 9.31. The molecule has 0 saturated carbocycles. The van der Waals surface area contributed by atoms with Crippen molar-refractivity contribution in [2.24, 2.45) is 0 Å². The van der Waals surface area contributed by atoms with Gasteiger partial charge in [-0.15, -0.1) is 13.2 Å². The lowest BCUT2D eigenvalue weighted by Gasteiger charge is -2.12. The van der Waals surface area contributed by atoms with E-state index < -0.39 is 22.1 Å². The second-order valence-electron chi connectivity index (χ2n) is 5.42. The summed E-state index contributed by atoms with van der Waals surface area (Å²) in [5, 5.41) is -0.0761. The Hall–Kier alpha value is -2.57. The van der Waals surface area contributed by atoms with Crippen LogP contribution in [0.25, 0.3) is 0 Å². The lowest BCUT2D eigenvalue weighted by molar-refractivity contribution is -0.274. The first-order valence-corrected chi connectivity index (χ1v) is 10.3. The van der Waals surface area contributed by atoms with Crippen molar-refractivity contribution in [2.45, 2.75) is 17.9 Å². The fourth-order valence-corrected chi connectivity index (χ4v) is 4.02.